The Kier molecular flexibility index (Phi) is 5.82. The number of aromatic amines is 1. The number of hydrogen-bond acceptors (Lipinski definition) is 8. The molecule has 1 fully saturated rings. The van der Waals surface area contributed by atoms with Crippen LogP contribution in [0.5, 0.6) is 0 Å². The zero-order valence-electron chi connectivity index (χ0n) is 20.6. The lowest BCUT2D eigenvalue weighted by Gasteiger charge is -2.34. The smallest absolute Gasteiger partial charge is 0.262 e. The average Bonchev–Trinajstić information content (AvgIpc) is 3.73. The number of rotatable bonds is 5. The standard InChI is InChI=1S/C27H22FN9OS/c28-21-11-17(37-26-22(34-35-37)4-2-9-30-26)5-6-19(21)27(38)36(18-3-1-8-29-15-18)25-20-12-24(16-13-32-33-14-16)39-23(20)7-10-31-25/h2,4-7,9-14,18,29H,1,3,8,15H2,(H,32,33). The van der Waals surface area contributed by atoms with Gasteiger partial charge in [-0.15, -0.1) is 16.4 Å². The monoisotopic (exact) mass is 539 g/mol. The van der Waals surface area contributed by atoms with Crippen molar-refractivity contribution in [2.45, 2.75) is 18.9 Å². The van der Waals surface area contributed by atoms with Gasteiger partial charge in [-0.2, -0.15) is 9.78 Å². The Hall–Kier alpha value is -4.55. The van der Waals surface area contributed by atoms with Crippen LogP contribution in [-0.2, 0) is 0 Å². The number of nitrogens with one attached hydrogen (secondary N) is 2. The molecule has 0 saturated carbocycles. The van der Waals surface area contributed by atoms with E-state index in [0.717, 1.165) is 39.9 Å². The number of piperidine rings is 1. The second-order valence-corrected chi connectivity index (χ2v) is 10.4. The van der Waals surface area contributed by atoms with Crippen LogP contribution >= 0.6 is 11.3 Å². The molecule has 12 heteroatoms. The van der Waals surface area contributed by atoms with Crippen molar-refractivity contribution in [1.82, 2.24) is 40.5 Å². The number of pyridine rings is 2. The van der Waals surface area contributed by atoms with Crippen LogP contribution in [0.25, 0.3) is 37.4 Å². The lowest BCUT2D eigenvalue weighted by atomic mass is 10.0. The van der Waals surface area contributed by atoms with Crippen LogP contribution in [0.1, 0.15) is 23.2 Å². The van der Waals surface area contributed by atoms with Crippen molar-refractivity contribution in [3.05, 3.63) is 78.6 Å². The number of thiophene rings is 1. The zero-order valence-corrected chi connectivity index (χ0v) is 21.4. The molecule has 0 aliphatic carbocycles. The molecular formula is C27H22FN9OS. The van der Waals surface area contributed by atoms with Crippen LogP contribution in [0.3, 0.4) is 0 Å². The fourth-order valence-electron chi connectivity index (χ4n) is 5.04. The van der Waals surface area contributed by atoms with Crippen molar-refractivity contribution in [3.63, 3.8) is 0 Å². The van der Waals surface area contributed by atoms with Gasteiger partial charge in [0.1, 0.15) is 17.2 Å². The van der Waals surface area contributed by atoms with E-state index in [1.807, 2.05) is 18.3 Å². The Labute approximate surface area is 225 Å². The summed E-state index contributed by atoms with van der Waals surface area (Å²) in [5.74, 6) is -0.569. The Morgan fingerprint density at radius 1 is 1.15 bits per heavy atom. The van der Waals surface area contributed by atoms with E-state index in [2.05, 4.69) is 35.8 Å². The van der Waals surface area contributed by atoms with Gasteiger partial charge in [-0.1, -0.05) is 5.21 Å². The highest BCUT2D eigenvalue weighted by atomic mass is 32.1. The average molecular weight is 540 g/mol. The molecule has 0 spiro atoms. The van der Waals surface area contributed by atoms with E-state index in [1.54, 1.807) is 53.0 Å². The number of nitrogens with zero attached hydrogens (tertiary/aromatic N) is 7. The second-order valence-electron chi connectivity index (χ2n) is 9.33. The van der Waals surface area contributed by atoms with Gasteiger partial charge in [-0.3, -0.25) is 14.8 Å². The topological polar surface area (TPSA) is 118 Å². The SMILES string of the molecule is O=C(c1ccc(-n2nnc3cccnc32)cc1F)N(c1nccc2sc(-c3cn[nH]c3)cc12)C1CCCNC1. The van der Waals surface area contributed by atoms with Crippen molar-refractivity contribution >= 4 is 44.3 Å². The first-order valence-corrected chi connectivity index (χ1v) is 13.4. The van der Waals surface area contributed by atoms with E-state index < -0.39 is 11.7 Å². The van der Waals surface area contributed by atoms with E-state index in [1.165, 1.54) is 16.8 Å². The van der Waals surface area contributed by atoms with Gasteiger partial charge >= 0.3 is 0 Å². The molecule has 5 aromatic heterocycles. The fourth-order valence-corrected chi connectivity index (χ4v) is 6.07. The number of benzene rings is 1. The minimum atomic E-state index is -0.651. The van der Waals surface area contributed by atoms with Crippen molar-refractivity contribution in [2.24, 2.45) is 0 Å². The highest BCUT2D eigenvalue weighted by Gasteiger charge is 2.32. The molecule has 39 heavy (non-hydrogen) atoms. The third-order valence-corrected chi connectivity index (χ3v) is 8.08. The van der Waals surface area contributed by atoms with Crippen LogP contribution in [0.2, 0.25) is 0 Å². The molecule has 0 bridgehead atoms. The maximum Gasteiger partial charge on any atom is 0.262 e. The van der Waals surface area contributed by atoms with Gasteiger partial charge in [-0.25, -0.2) is 14.4 Å². The molecule has 1 atom stereocenters. The maximum atomic E-state index is 15.7. The molecule has 1 saturated heterocycles. The molecule has 1 unspecified atom stereocenters. The number of fused-ring (bicyclic) bond motifs is 2. The molecule has 10 nitrogen and oxygen atoms in total. The summed E-state index contributed by atoms with van der Waals surface area (Å²) in [7, 11) is 0. The fraction of sp³-hybridized carbons (Fsp3) is 0.185. The Balaban J connectivity index is 1.31. The number of hydrogen-bond donors (Lipinski definition) is 2. The summed E-state index contributed by atoms with van der Waals surface area (Å²) in [4.78, 5) is 25.7. The van der Waals surface area contributed by atoms with Crippen LogP contribution in [0, 0.1) is 5.82 Å². The van der Waals surface area contributed by atoms with Gasteiger partial charge in [0.05, 0.1) is 23.5 Å². The molecule has 2 N–H and O–H groups in total. The minimum absolute atomic E-state index is 0.0363. The van der Waals surface area contributed by atoms with Gasteiger partial charge < -0.3 is 5.32 Å². The largest absolute Gasteiger partial charge is 0.315 e. The van der Waals surface area contributed by atoms with Gasteiger partial charge in [0.15, 0.2) is 5.65 Å². The van der Waals surface area contributed by atoms with Crippen molar-refractivity contribution in [2.75, 3.05) is 18.0 Å². The van der Waals surface area contributed by atoms with Crippen molar-refractivity contribution in [3.8, 4) is 16.1 Å². The van der Waals surface area contributed by atoms with Gasteiger partial charge in [-0.05, 0) is 55.8 Å². The number of H-pyrrole nitrogens is 1. The van der Waals surface area contributed by atoms with Gasteiger partial charge in [0.2, 0.25) is 0 Å². The molecule has 6 aromatic rings. The Morgan fingerprint density at radius 3 is 2.92 bits per heavy atom. The first-order valence-electron chi connectivity index (χ1n) is 12.6. The summed E-state index contributed by atoms with van der Waals surface area (Å²) in [6, 6.07) is 11.8. The van der Waals surface area contributed by atoms with Gasteiger partial charge in [0.25, 0.3) is 5.91 Å². The number of aromatic nitrogens is 7. The Bertz CT molecular complexity index is 1810. The lowest BCUT2D eigenvalue weighted by Crippen LogP contribution is -2.49. The molecule has 1 aliphatic rings. The first-order chi connectivity index (χ1) is 19.2. The number of halogens is 1. The summed E-state index contributed by atoms with van der Waals surface area (Å²) in [5, 5.41) is 19.3. The summed E-state index contributed by atoms with van der Waals surface area (Å²) in [6.07, 6.45) is 8.61. The van der Waals surface area contributed by atoms with E-state index in [4.69, 9.17) is 0 Å². The molecule has 1 aliphatic heterocycles. The quantitative estimate of drug-likeness (QED) is 0.334. The normalized spacial score (nSPS) is 15.7. The van der Waals surface area contributed by atoms with Crippen LogP contribution in [-0.4, -0.2) is 60.2 Å². The zero-order chi connectivity index (χ0) is 26.3. The van der Waals surface area contributed by atoms with E-state index in [-0.39, 0.29) is 11.6 Å². The van der Waals surface area contributed by atoms with E-state index in [9.17, 15) is 4.79 Å². The number of carbonyl (C=O) groups is 1. The molecule has 194 valence electrons. The van der Waals surface area contributed by atoms with E-state index >= 15 is 4.39 Å². The molecule has 0 radical (unpaired) electrons. The molecule has 1 amide bonds. The van der Waals surface area contributed by atoms with E-state index in [0.29, 0.717) is 29.2 Å². The predicted octanol–water partition coefficient (Wildman–Crippen LogP) is 4.35. The van der Waals surface area contributed by atoms with Crippen molar-refractivity contribution in [1.29, 1.82) is 0 Å². The van der Waals surface area contributed by atoms with Gasteiger partial charge in [0, 0.05) is 51.7 Å². The van der Waals surface area contributed by atoms with Crippen LogP contribution < -0.4 is 10.2 Å². The highest BCUT2D eigenvalue weighted by molar-refractivity contribution is 7.22. The molecular weight excluding hydrogens is 517 g/mol. The maximum absolute atomic E-state index is 15.7. The van der Waals surface area contributed by atoms with Crippen LogP contribution in [0.4, 0.5) is 10.2 Å². The molecule has 6 heterocycles. The first kappa shape index (κ1) is 23.6. The van der Waals surface area contributed by atoms with Crippen molar-refractivity contribution < 1.29 is 9.18 Å². The predicted molar refractivity (Wildman–Crippen MR) is 147 cm³/mol. The number of amides is 1. The summed E-state index contributed by atoms with van der Waals surface area (Å²) >= 11 is 1.60. The summed E-state index contributed by atoms with van der Waals surface area (Å²) in [5.41, 5.74) is 2.45. The third-order valence-electron chi connectivity index (χ3n) is 6.93. The number of carbonyl (C=O) groups excluding carboxylic acids is 1. The third kappa shape index (κ3) is 4.14. The summed E-state index contributed by atoms with van der Waals surface area (Å²) in [6.45, 7) is 1.47. The lowest BCUT2D eigenvalue weighted by molar-refractivity contribution is 0.0968. The second kappa shape index (κ2) is 9.64. The Morgan fingerprint density at radius 2 is 2.10 bits per heavy atom. The molecule has 7 rings (SSSR count). The minimum Gasteiger partial charge on any atom is -0.315 e. The van der Waals surface area contributed by atoms with Crippen LogP contribution in [0.15, 0.2) is 67.3 Å². The number of anilines is 1. The summed E-state index contributed by atoms with van der Waals surface area (Å²) < 4.78 is 18.1. The molecule has 1 aromatic carbocycles. The highest BCUT2D eigenvalue weighted by Crippen LogP contribution is 2.38.